The quantitative estimate of drug-likeness (QED) is 0.842. The molecule has 0 unspecified atom stereocenters. The Hall–Kier alpha value is -2.25. The van der Waals surface area contributed by atoms with Crippen molar-refractivity contribution in [2.75, 3.05) is 32.9 Å². The molecule has 1 fully saturated rings. The third kappa shape index (κ3) is 3.57. The standard InChI is InChI=1S/C16H20N4O3/c1-2-23-16(21)15-14(17-19-18-15)13-6-4-3-5-12(13)11-20-7-9-22-10-8-20/h3-6H,2,7-11H2,1H3,(H,17,18,19). The Morgan fingerprint density at radius 1 is 1.30 bits per heavy atom. The predicted molar refractivity (Wildman–Crippen MR) is 83.9 cm³/mol. The molecule has 0 bridgehead atoms. The number of morpholine rings is 1. The van der Waals surface area contributed by atoms with Crippen LogP contribution in [0.25, 0.3) is 11.3 Å². The molecule has 0 aliphatic carbocycles. The van der Waals surface area contributed by atoms with Crippen LogP contribution in [0.1, 0.15) is 23.0 Å². The normalized spacial score (nSPS) is 15.5. The van der Waals surface area contributed by atoms with Gasteiger partial charge < -0.3 is 9.47 Å². The first-order valence-electron chi connectivity index (χ1n) is 7.76. The SMILES string of the molecule is CCOC(=O)c1n[nH]nc1-c1ccccc1CN1CCOCC1. The smallest absolute Gasteiger partial charge is 0.361 e. The van der Waals surface area contributed by atoms with Gasteiger partial charge in [0, 0.05) is 25.2 Å². The summed E-state index contributed by atoms with van der Waals surface area (Å²) in [6, 6.07) is 7.93. The van der Waals surface area contributed by atoms with E-state index >= 15 is 0 Å². The van der Waals surface area contributed by atoms with Gasteiger partial charge in [-0.05, 0) is 12.5 Å². The van der Waals surface area contributed by atoms with Crippen molar-refractivity contribution in [2.45, 2.75) is 13.5 Å². The van der Waals surface area contributed by atoms with Crippen molar-refractivity contribution in [3.63, 3.8) is 0 Å². The number of carbonyl (C=O) groups is 1. The number of aromatic nitrogens is 3. The van der Waals surface area contributed by atoms with Crippen molar-refractivity contribution < 1.29 is 14.3 Å². The van der Waals surface area contributed by atoms with E-state index in [1.165, 1.54) is 0 Å². The molecule has 2 heterocycles. The van der Waals surface area contributed by atoms with Crippen molar-refractivity contribution in [3.05, 3.63) is 35.5 Å². The van der Waals surface area contributed by atoms with Crippen LogP contribution in [-0.4, -0.2) is 59.2 Å². The number of H-pyrrole nitrogens is 1. The maximum absolute atomic E-state index is 12.0. The van der Waals surface area contributed by atoms with Gasteiger partial charge in [-0.15, -0.1) is 5.10 Å². The molecule has 0 saturated carbocycles. The number of ether oxygens (including phenoxy) is 2. The molecule has 122 valence electrons. The summed E-state index contributed by atoms with van der Waals surface area (Å²) in [7, 11) is 0. The molecule has 1 aliphatic rings. The third-order valence-corrected chi connectivity index (χ3v) is 3.79. The molecule has 0 radical (unpaired) electrons. The van der Waals surface area contributed by atoms with E-state index in [1.807, 2.05) is 18.2 Å². The highest BCUT2D eigenvalue weighted by atomic mass is 16.5. The number of aromatic amines is 1. The Morgan fingerprint density at radius 3 is 2.87 bits per heavy atom. The zero-order valence-corrected chi connectivity index (χ0v) is 13.1. The van der Waals surface area contributed by atoms with Gasteiger partial charge in [0.2, 0.25) is 0 Å². The second-order valence-corrected chi connectivity index (χ2v) is 5.29. The van der Waals surface area contributed by atoms with E-state index in [2.05, 4.69) is 26.4 Å². The molecule has 0 atom stereocenters. The summed E-state index contributed by atoms with van der Waals surface area (Å²) in [5.41, 5.74) is 2.76. The summed E-state index contributed by atoms with van der Waals surface area (Å²) < 4.78 is 10.4. The number of benzene rings is 1. The van der Waals surface area contributed by atoms with Crippen molar-refractivity contribution in [1.29, 1.82) is 0 Å². The van der Waals surface area contributed by atoms with Crippen LogP contribution in [0.15, 0.2) is 24.3 Å². The van der Waals surface area contributed by atoms with Gasteiger partial charge in [0.25, 0.3) is 0 Å². The van der Waals surface area contributed by atoms with Gasteiger partial charge in [0.05, 0.1) is 19.8 Å². The van der Waals surface area contributed by atoms with Crippen molar-refractivity contribution in [3.8, 4) is 11.3 Å². The highest BCUT2D eigenvalue weighted by molar-refractivity contribution is 5.94. The molecule has 1 aromatic carbocycles. The summed E-state index contributed by atoms with van der Waals surface area (Å²) in [4.78, 5) is 14.4. The first kappa shape index (κ1) is 15.6. The zero-order valence-electron chi connectivity index (χ0n) is 13.1. The van der Waals surface area contributed by atoms with Crippen LogP contribution >= 0.6 is 0 Å². The number of nitrogens with one attached hydrogen (secondary N) is 1. The van der Waals surface area contributed by atoms with E-state index < -0.39 is 5.97 Å². The number of hydrogen-bond donors (Lipinski definition) is 1. The fourth-order valence-electron chi connectivity index (χ4n) is 2.65. The Kier molecular flexibility index (Phi) is 4.99. The molecule has 1 N–H and O–H groups in total. The summed E-state index contributed by atoms with van der Waals surface area (Å²) in [6.45, 7) is 6.16. The third-order valence-electron chi connectivity index (χ3n) is 3.79. The lowest BCUT2D eigenvalue weighted by Crippen LogP contribution is -2.35. The van der Waals surface area contributed by atoms with Crippen molar-refractivity contribution >= 4 is 5.97 Å². The molecule has 3 rings (SSSR count). The number of carbonyl (C=O) groups excluding carboxylic acids is 1. The zero-order chi connectivity index (χ0) is 16.1. The van der Waals surface area contributed by atoms with Gasteiger partial charge >= 0.3 is 5.97 Å². The van der Waals surface area contributed by atoms with Crippen LogP contribution in [-0.2, 0) is 16.0 Å². The van der Waals surface area contributed by atoms with E-state index in [0.717, 1.165) is 44.0 Å². The Balaban J connectivity index is 1.88. The lowest BCUT2D eigenvalue weighted by molar-refractivity contribution is 0.0342. The molecule has 1 aromatic heterocycles. The highest BCUT2D eigenvalue weighted by Gasteiger charge is 2.22. The molecule has 0 spiro atoms. The van der Waals surface area contributed by atoms with Crippen LogP contribution in [0.5, 0.6) is 0 Å². The molecular formula is C16H20N4O3. The van der Waals surface area contributed by atoms with Crippen LogP contribution in [0.4, 0.5) is 0 Å². The van der Waals surface area contributed by atoms with E-state index in [1.54, 1.807) is 6.92 Å². The summed E-state index contributed by atoms with van der Waals surface area (Å²) >= 11 is 0. The average molecular weight is 316 g/mol. The van der Waals surface area contributed by atoms with Crippen molar-refractivity contribution in [2.24, 2.45) is 0 Å². The molecular weight excluding hydrogens is 296 g/mol. The largest absolute Gasteiger partial charge is 0.461 e. The number of esters is 1. The van der Waals surface area contributed by atoms with Crippen LogP contribution < -0.4 is 0 Å². The molecule has 2 aromatic rings. The van der Waals surface area contributed by atoms with E-state index in [9.17, 15) is 4.79 Å². The number of nitrogens with zero attached hydrogens (tertiary/aromatic N) is 3. The van der Waals surface area contributed by atoms with Gasteiger partial charge in [-0.25, -0.2) is 4.79 Å². The van der Waals surface area contributed by atoms with Gasteiger partial charge in [-0.2, -0.15) is 10.3 Å². The maximum atomic E-state index is 12.0. The van der Waals surface area contributed by atoms with Crippen LogP contribution in [0.3, 0.4) is 0 Å². The fourth-order valence-corrected chi connectivity index (χ4v) is 2.65. The molecule has 7 heteroatoms. The Bertz CT molecular complexity index is 665. The van der Waals surface area contributed by atoms with E-state index in [4.69, 9.17) is 9.47 Å². The number of hydrogen-bond acceptors (Lipinski definition) is 6. The molecule has 7 nitrogen and oxygen atoms in total. The monoisotopic (exact) mass is 316 g/mol. The summed E-state index contributed by atoms with van der Waals surface area (Å²) in [5, 5.41) is 10.7. The maximum Gasteiger partial charge on any atom is 0.361 e. The van der Waals surface area contributed by atoms with Gasteiger partial charge in [-0.1, -0.05) is 24.3 Å². The average Bonchev–Trinajstić information content (AvgIpc) is 3.06. The van der Waals surface area contributed by atoms with Gasteiger partial charge in [0.1, 0.15) is 5.69 Å². The van der Waals surface area contributed by atoms with Crippen molar-refractivity contribution in [1.82, 2.24) is 20.3 Å². The minimum Gasteiger partial charge on any atom is -0.461 e. The molecule has 23 heavy (non-hydrogen) atoms. The molecule has 1 aliphatic heterocycles. The first-order chi connectivity index (χ1) is 11.3. The van der Waals surface area contributed by atoms with Gasteiger partial charge in [0.15, 0.2) is 5.69 Å². The van der Waals surface area contributed by atoms with Crippen LogP contribution in [0, 0.1) is 0 Å². The fraction of sp³-hybridized carbons (Fsp3) is 0.438. The second kappa shape index (κ2) is 7.34. The van der Waals surface area contributed by atoms with Gasteiger partial charge in [-0.3, -0.25) is 4.90 Å². The lowest BCUT2D eigenvalue weighted by atomic mass is 10.0. The topological polar surface area (TPSA) is 80.3 Å². The number of rotatable bonds is 5. The Labute approximate surface area is 134 Å². The first-order valence-corrected chi connectivity index (χ1v) is 7.76. The molecule has 1 saturated heterocycles. The summed E-state index contributed by atoms with van der Waals surface area (Å²) in [5.74, 6) is -0.461. The second-order valence-electron chi connectivity index (χ2n) is 5.29. The van der Waals surface area contributed by atoms with E-state index in [0.29, 0.717) is 12.3 Å². The predicted octanol–water partition coefficient (Wildman–Crippen LogP) is 1.48. The summed E-state index contributed by atoms with van der Waals surface area (Å²) in [6.07, 6.45) is 0. The Morgan fingerprint density at radius 2 is 2.09 bits per heavy atom. The molecule has 0 amide bonds. The lowest BCUT2D eigenvalue weighted by Gasteiger charge is -2.27. The van der Waals surface area contributed by atoms with Crippen LogP contribution in [0.2, 0.25) is 0 Å². The minimum absolute atomic E-state index is 0.223. The van der Waals surface area contributed by atoms with E-state index in [-0.39, 0.29) is 5.69 Å². The minimum atomic E-state index is -0.461. The highest BCUT2D eigenvalue weighted by Crippen LogP contribution is 2.25.